The zero-order chi connectivity index (χ0) is 17.6. The number of nitrogens with one attached hydrogen (secondary N) is 1. The van der Waals surface area contributed by atoms with E-state index >= 15 is 0 Å². The summed E-state index contributed by atoms with van der Waals surface area (Å²) >= 11 is 0. The highest BCUT2D eigenvalue weighted by molar-refractivity contribution is 5.88. The maximum atomic E-state index is 12.3. The van der Waals surface area contributed by atoms with E-state index in [4.69, 9.17) is 4.74 Å². The first-order valence-corrected chi connectivity index (χ1v) is 8.38. The number of carbonyl (C=O) groups excluding carboxylic acids is 1. The SMILES string of the molecule is CCOC(=O)/C1=C/N(Cc2ccccc2)CCc2nc[nH]c(=O)c2C1. The third kappa shape index (κ3) is 4.15. The maximum Gasteiger partial charge on any atom is 0.335 e. The lowest BCUT2D eigenvalue weighted by Crippen LogP contribution is -2.29. The quantitative estimate of drug-likeness (QED) is 0.860. The highest BCUT2D eigenvalue weighted by Gasteiger charge is 2.21. The first-order valence-electron chi connectivity index (χ1n) is 8.38. The summed E-state index contributed by atoms with van der Waals surface area (Å²) in [6.45, 7) is 3.42. The summed E-state index contributed by atoms with van der Waals surface area (Å²) in [4.78, 5) is 33.4. The van der Waals surface area contributed by atoms with Crippen LogP contribution < -0.4 is 5.56 Å². The normalized spacial score (nSPS) is 16.2. The number of ether oxygens (including phenoxy) is 1. The van der Waals surface area contributed by atoms with Crippen LogP contribution in [-0.2, 0) is 28.9 Å². The van der Waals surface area contributed by atoms with Gasteiger partial charge in [0.15, 0.2) is 0 Å². The van der Waals surface area contributed by atoms with E-state index in [1.165, 1.54) is 6.33 Å². The van der Waals surface area contributed by atoms with Crippen molar-refractivity contribution >= 4 is 5.97 Å². The number of hydrogen-bond donors (Lipinski definition) is 1. The Morgan fingerprint density at radius 1 is 1.32 bits per heavy atom. The maximum absolute atomic E-state index is 12.3. The fraction of sp³-hybridized carbons (Fsp3) is 0.316. The molecule has 6 nitrogen and oxygen atoms in total. The van der Waals surface area contributed by atoms with E-state index in [1.807, 2.05) is 36.5 Å². The number of fused-ring (bicyclic) bond motifs is 1. The molecule has 1 aromatic heterocycles. The van der Waals surface area contributed by atoms with Crippen molar-refractivity contribution in [2.75, 3.05) is 13.2 Å². The van der Waals surface area contributed by atoms with Crippen LogP contribution in [0.3, 0.4) is 0 Å². The second-order valence-corrected chi connectivity index (χ2v) is 5.91. The summed E-state index contributed by atoms with van der Waals surface area (Å²) in [5, 5.41) is 0. The van der Waals surface area contributed by atoms with Crippen molar-refractivity contribution < 1.29 is 9.53 Å². The molecule has 1 N–H and O–H groups in total. The summed E-state index contributed by atoms with van der Waals surface area (Å²) in [7, 11) is 0. The zero-order valence-corrected chi connectivity index (χ0v) is 14.2. The predicted octanol–water partition coefficient (Wildman–Crippen LogP) is 1.82. The monoisotopic (exact) mass is 339 g/mol. The van der Waals surface area contributed by atoms with Crippen molar-refractivity contribution in [1.29, 1.82) is 0 Å². The highest BCUT2D eigenvalue weighted by Crippen LogP contribution is 2.17. The van der Waals surface area contributed by atoms with E-state index in [0.717, 1.165) is 11.3 Å². The van der Waals surface area contributed by atoms with E-state index in [2.05, 4.69) is 14.9 Å². The molecule has 0 radical (unpaired) electrons. The number of rotatable bonds is 4. The van der Waals surface area contributed by atoms with E-state index in [1.54, 1.807) is 6.92 Å². The Labute approximate surface area is 146 Å². The molecule has 0 aliphatic carbocycles. The molecule has 2 heterocycles. The Kier molecular flexibility index (Phi) is 5.28. The van der Waals surface area contributed by atoms with Gasteiger partial charge in [0, 0.05) is 37.7 Å². The van der Waals surface area contributed by atoms with Crippen molar-refractivity contribution in [3.05, 3.63) is 75.6 Å². The van der Waals surface area contributed by atoms with Gasteiger partial charge >= 0.3 is 5.97 Å². The number of H-pyrrole nitrogens is 1. The van der Waals surface area contributed by atoms with Crippen LogP contribution >= 0.6 is 0 Å². The van der Waals surface area contributed by atoms with Gasteiger partial charge in [-0.2, -0.15) is 0 Å². The average molecular weight is 339 g/mol. The summed E-state index contributed by atoms with van der Waals surface area (Å²) in [5.41, 5.74) is 2.70. The molecular formula is C19H21N3O3. The lowest BCUT2D eigenvalue weighted by Gasteiger charge is -2.24. The third-order valence-electron chi connectivity index (χ3n) is 4.15. The highest BCUT2D eigenvalue weighted by atomic mass is 16.5. The molecule has 130 valence electrons. The van der Waals surface area contributed by atoms with Crippen LogP contribution in [-0.4, -0.2) is 34.0 Å². The van der Waals surface area contributed by atoms with Crippen molar-refractivity contribution in [3.8, 4) is 0 Å². The van der Waals surface area contributed by atoms with Crippen LogP contribution in [0.15, 0.2) is 53.2 Å². The van der Waals surface area contributed by atoms with Crippen molar-refractivity contribution in [3.63, 3.8) is 0 Å². The largest absolute Gasteiger partial charge is 0.463 e. The molecule has 1 aliphatic heterocycles. The van der Waals surface area contributed by atoms with Crippen LogP contribution in [0.4, 0.5) is 0 Å². The molecule has 0 fully saturated rings. The van der Waals surface area contributed by atoms with E-state index in [9.17, 15) is 9.59 Å². The molecule has 0 saturated heterocycles. The van der Waals surface area contributed by atoms with E-state index < -0.39 is 5.97 Å². The molecule has 0 unspecified atom stereocenters. The van der Waals surface area contributed by atoms with Crippen LogP contribution in [0.5, 0.6) is 0 Å². The molecule has 0 bridgehead atoms. The standard InChI is InChI=1S/C19H21N3O3/c1-2-25-19(24)15-10-16-17(20-13-21-18(16)23)8-9-22(12-15)11-14-6-4-3-5-7-14/h3-7,12-13H,2,8-11H2,1H3,(H,20,21,23)/b15-12+. The molecule has 0 spiro atoms. The minimum atomic E-state index is -0.392. The smallest absolute Gasteiger partial charge is 0.335 e. The van der Waals surface area contributed by atoms with Gasteiger partial charge < -0.3 is 14.6 Å². The number of carbonyl (C=O) groups is 1. The van der Waals surface area contributed by atoms with Gasteiger partial charge in [0.2, 0.25) is 0 Å². The van der Waals surface area contributed by atoms with E-state index in [0.29, 0.717) is 37.3 Å². The number of aromatic amines is 1. The first-order chi connectivity index (χ1) is 12.2. The minimum absolute atomic E-state index is 0.197. The van der Waals surface area contributed by atoms with Gasteiger partial charge in [0.25, 0.3) is 5.56 Å². The average Bonchev–Trinajstić information content (AvgIpc) is 2.60. The lowest BCUT2D eigenvalue weighted by molar-refractivity contribution is -0.138. The van der Waals surface area contributed by atoms with Crippen LogP contribution in [0, 0.1) is 0 Å². The first kappa shape index (κ1) is 17.0. The van der Waals surface area contributed by atoms with E-state index in [-0.39, 0.29) is 12.0 Å². The van der Waals surface area contributed by atoms with Crippen LogP contribution in [0.2, 0.25) is 0 Å². The predicted molar refractivity (Wildman–Crippen MR) is 93.8 cm³/mol. The number of aromatic nitrogens is 2. The lowest BCUT2D eigenvalue weighted by atomic mass is 10.0. The van der Waals surface area contributed by atoms with Crippen molar-refractivity contribution in [2.24, 2.45) is 0 Å². The van der Waals surface area contributed by atoms with Gasteiger partial charge in [-0.1, -0.05) is 30.3 Å². The van der Waals surface area contributed by atoms with Crippen molar-refractivity contribution in [2.45, 2.75) is 26.3 Å². The van der Waals surface area contributed by atoms with Gasteiger partial charge in [-0.3, -0.25) is 4.79 Å². The molecule has 1 aliphatic rings. The molecule has 25 heavy (non-hydrogen) atoms. The molecule has 2 aromatic rings. The number of benzene rings is 1. The topological polar surface area (TPSA) is 75.3 Å². The minimum Gasteiger partial charge on any atom is -0.463 e. The summed E-state index contributed by atoms with van der Waals surface area (Å²) in [6.07, 6.45) is 4.11. The Bertz CT molecular complexity index is 827. The fourth-order valence-corrected chi connectivity index (χ4v) is 2.92. The van der Waals surface area contributed by atoms with Gasteiger partial charge in [0.05, 0.1) is 24.2 Å². The zero-order valence-electron chi connectivity index (χ0n) is 14.2. The summed E-state index contributed by atoms with van der Waals surface area (Å²) in [6, 6.07) is 10.1. The molecule has 0 amide bonds. The van der Waals surface area contributed by atoms with Crippen molar-refractivity contribution in [1.82, 2.24) is 14.9 Å². The molecular weight excluding hydrogens is 318 g/mol. The molecule has 6 heteroatoms. The number of hydrogen-bond acceptors (Lipinski definition) is 5. The Morgan fingerprint density at radius 3 is 2.88 bits per heavy atom. The molecule has 1 aromatic carbocycles. The van der Waals surface area contributed by atoms with Gasteiger partial charge in [-0.05, 0) is 12.5 Å². The molecule has 0 saturated carbocycles. The second kappa shape index (κ2) is 7.79. The molecule has 3 rings (SSSR count). The Hall–Kier alpha value is -2.89. The van der Waals surface area contributed by atoms with Crippen LogP contribution in [0.1, 0.15) is 23.7 Å². The Balaban J connectivity index is 1.93. The summed E-state index contributed by atoms with van der Waals surface area (Å²) < 4.78 is 5.16. The van der Waals surface area contributed by atoms with Gasteiger partial charge in [0.1, 0.15) is 0 Å². The number of nitrogens with zero attached hydrogens (tertiary/aromatic N) is 2. The second-order valence-electron chi connectivity index (χ2n) is 5.91. The van der Waals surface area contributed by atoms with Gasteiger partial charge in [-0.25, -0.2) is 9.78 Å². The fourth-order valence-electron chi connectivity index (χ4n) is 2.92. The molecule has 0 atom stereocenters. The van der Waals surface area contributed by atoms with Gasteiger partial charge in [-0.15, -0.1) is 0 Å². The van der Waals surface area contributed by atoms with Crippen LogP contribution in [0.25, 0.3) is 0 Å². The Morgan fingerprint density at radius 2 is 2.12 bits per heavy atom. The summed E-state index contributed by atoms with van der Waals surface area (Å²) in [5.74, 6) is -0.392. The number of esters is 1. The third-order valence-corrected chi connectivity index (χ3v) is 4.15.